The van der Waals surface area contributed by atoms with Gasteiger partial charge in [-0.15, -0.1) is 5.10 Å². The van der Waals surface area contributed by atoms with Crippen molar-refractivity contribution in [2.45, 2.75) is 20.0 Å². The van der Waals surface area contributed by atoms with Crippen molar-refractivity contribution in [3.8, 4) is 11.3 Å². The lowest BCUT2D eigenvalue weighted by atomic mass is 10.2. The minimum absolute atomic E-state index is 0.0547. The Morgan fingerprint density at radius 1 is 1.48 bits per heavy atom. The van der Waals surface area contributed by atoms with Crippen molar-refractivity contribution in [2.75, 3.05) is 0 Å². The van der Waals surface area contributed by atoms with Gasteiger partial charge in [-0.1, -0.05) is 5.21 Å². The fraction of sp³-hybridized carbons (Fsp3) is 0.231. The zero-order chi connectivity index (χ0) is 14.8. The number of carboxylic acids is 1. The van der Waals surface area contributed by atoms with Crippen molar-refractivity contribution < 1.29 is 9.90 Å². The van der Waals surface area contributed by atoms with Crippen molar-refractivity contribution in [3.63, 3.8) is 0 Å². The summed E-state index contributed by atoms with van der Waals surface area (Å²) in [5, 5.41) is 25.2. The molecule has 0 unspecified atom stereocenters. The maximum atomic E-state index is 11.3. The summed E-state index contributed by atoms with van der Waals surface area (Å²) in [5.41, 5.74) is 2.19. The van der Waals surface area contributed by atoms with Gasteiger partial charge in [0.1, 0.15) is 5.69 Å². The molecular formula is C13H13N5O2S. The van der Waals surface area contributed by atoms with Crippen LogP contribution in [0.1, 0.15) is 23.0 Å². The lowest BCUT2D eigenvalue weighted by molar-refractivity contribution is 0.0691. The minimum atomic E-state index is -1.09. The van der Waals surface area contributed by atoms with E-state index in [2.05, 4.69) is 15.4 Å². The fourth-order valence-corrected chi connectivity index (χ4v) is 2.73. The van der Waals surface area contributed by atoms with E-state index < -0.39 is 5.97 Å². The SMILES string of the molecule is CCn1cc(-c2c(C(=O)O)nnn2Cc2ccsc2)cn1. The first kappa shape index (κ1) is 13.5. The van der Waals surface area contributed by atoms with Gasteiger partial charge in [0.2, 0.25) is 0 Å². The van der Waals surface area contributed by atoms with Gasteiger partial charge in [-0.25, -0.2) is 9.48 Å². The van der Waals surface area contributed by atoms with Crippen LogP contribution in [0.3, 0.4) is 0 Å². The van der Waals surface area contributed by atoms with Gasteiger partial charge >= 0.3 is 5.97 Å². The molecule has 0 spiro atoms. The molecule has 8 heteroatoms. The highest BCUT2D eigenvalue weighted by molar-refractivity contribution is 7.07. The van der Waals surface area contributed by atoms with E-state index in [1.807, 2.05) is 23.8 Å². The third kappa shape index (κ3) is 2.57. The standard InChI is InChI=1S/C13H13N5O2S/c1-2-17-7-10(5-14-17)12-11(13(19)20)15-16-18(12)6-9-3-4-21-8-9/h3-5,7-8H,2,6H2,1H3,(H,19,20). The predicted octanol–water partition coefficient (Wildman–Crippen LogP) is 1.97. The summed E-state index contributed by atoms with van der Waals surface area (Å²) in [4.78, 5) is 11.3. The fourth-order valence-electron chi connectivity index (χ4n) is 2.07. The third-order valence-electron chi connectivity index (χ3n) is 3.08. The zero-order valence-corrected chi connectivity index (χ0v) is 12.1. The molecule has 0 saturated heterocycles. The summed E-state index contributed by atoms with van der Waals surface area (Å²) in [6, 6.07) is 1.98. The maximum absolute atomic E-state index is 11.3. The highest BCUT2D eigenvalue weighted by Crippen LogP contribution is 2.23. The van der Waals surface area contributed by atoms with Crippen LogP contribution >= 0.6 is 11.3 Å². The first-order valence-corrected chi connectivity index (χ1v) is 7.34. The minimum Gasteiger partial charge on any atom is -0.476 e. The Labute approximate surface area is 124 Å². The van der Waals surface area contributed by atoms with Crippen molar-refractivity contribution in [1.29, 1.82) is 0 Å². The number of hydrogen-bond acceptors (Lipinski definition) is 5. The van der Waals surface area contributed by atoms with Crippen LogP contribution in [-0.4, -0.2) is 35.9 Å². The van der Waals surface area contributed by atoms with Crippen LogP contribution in [0.25, 0.3) is 11.3 Å². The lowest BCUT2D eigenvalue weighted by Crippen LogP contribution is -2.05. The number of rotatable bonds is 5. The van der Waals surface area contributed by atoms with Gasteiger partial charge in [-0.05, 0) is 29.3 Å². The van der Waals surface area contributed by atoms with Crippen molar-refractivity contribution in [1.82, 2.24) is 24.8 Å². The Kier molecular flexibility index (Phi) is 3.53. The van der Waals surface area contributed by atoms with Crippen LogP contribution in [0, 0.1) is 0 Å². The molecule has 0 aliphatic carbocycles. The summed E-state index contributed by atoms with van der Waals surface area (Å²) in [7, 11) is 0. The lowest BCUT2D eigenvalue weighted by Gasteiger charge is -2.04. The second-order valence-corrected chi connectivity index (χ2v) is 5.25. The summed E-state index contributed by atoms with van der Waals surface area (Å²) in [5.74, 6) is -1.09. The summed E-state index contributed by atoms with van der Waals surface area (Å²) in [6.45, 7) is 3.17. The third-order valence-corrected chi connectivity index (χ3v) is 3.81. The van der Waals surface area contributed by atoms with Crippen molar-refractivity contribution >= 4 is 17.3 Å². The number of aryl methyl sites for hydroxylation is 1. The van der Waals surface area contributed by atoms with Crippen LogP contribution in [0.2, 0.25) is 0 Å². The number of carbonyl (C=O) groups is 1. The average Bonchev–Trinajstić information content (AvgIpc) is 3.18. The van der Waals surface area contributed by atoms with Crippen LogP contribution in [0.5, 0.6) is 0 Å². The van der Waals surface area contributed by atoms with Gasteiger partial charge in [0, 0.05) is 18.3 Å². The molecule has 0 aliphatic heterocycles. The van der Waals surface area contributed by atoms with Crippen LogP contribution in [0.4, 0.5) is 0 Å². The highest BCUT2D eigenvalue weighted by atomic mass is 32.1. The molecule has 0 radical (unpaired) electrons. The Bertz CT molecular complexity index is 759. The van der Waals surface area contributed by atoms with E-state index in [0.29, 0.717) is 24.3 Å². The summed E-state index contributed by atoms with van der Waals surface area (Å²) < 4.78 is 3.34. The number of hydrogen-bond donors (Lipinski definition) is 1. The molecule has 0 saturated carbocycles. The van der Waals surface area contributed by atoms with Gasteiger partial charge in [0.15, 0.2) is 5.69 Å². The second kappa shape index (κ2) is 5.49. The molecule has 0 bridgehead atoms. The predicted molar refractivity (Wildman–Crippen MR) is 77.3 cm³/mol. The van der Waals surface area contributed by atoms with Gasteiger partial charge < -0.3 is 5.11 Å². The van der Waals surface area contributed by atoms with E-state index in [1.165, 1.54) is 0 Å². The maximum Gasteiger partial charge on any atom is 0.358 e. The summed E-state index contributed by atoms with van der Waals surface area (Å²) in [6.07, 6.45) is 3.44. The quantitative estimate of drug-likeness (QED) is 0.778. The Morgan fingerprint density at radius 2 is 2.33 bits per heavy atom. The second-order valence-electron chi connectivity index (χ2n) is 4.47. The molecule has 108 valence electrons. The normalized spacial score (nSPS) is 10.9. The van der Waals surface area contributed by atoms with E-state index in [4.69, 9.17) is 0 Å². The van der Waals surface area contributed by atoms with Crippen molar-refractivity contribution in [3.05, 3.63) is 40.5 Å². The van der Waals surface area contributed by atoms with Crippen LogP contribution in [0.15, 0.2) is 29.2 Å². The van der Waals surface area contributed by atoms with E-state index >= 15 is 0 Å². The largest absolute Gasteiger partial charge is 0.476 e. The van der Waals surface area contributed by atoms with E-state index in [1.54, 1.807) is 33.1 Å². The van der Waals surface area contributed by atoms with E-state index in [0.717, 1.165) is 5.56 Å². The Balaban J connectivity index is 2.06. The Hall–Kier alpha value is -2.48. The summed E-state index contributed by atoms with van der Waals surface area (Å²) >= 11 is 1.59. The molecule has 3 aromatic heterocycles. The molecule has 3 aromatic rings. The monoisotopic (exact) mass is 303 g/mol. The molecule has 0 fully saturated rings. The molecule has 1 N–H and O–H groups in total. The molecule has 3 rings (SSSR count). The van der Waals surface area contributed by atoms with Gasteiger partial charge in [-0.2, -0.15) is 16.4 Å². The molecule has 3 heterocycles. The first-order valence-electron chi connectivity index (χ1n) is 6.39. The highest BCUT2D eigenvalue weighted by Gasteiger charge is 2.21. The van der Waals surface area contributed by atoms with Crippen LogP contribution < -0.4 is 0 Å². The Morgan fingerprint density at radius 3 is 2.95 bits per heavy atom. The molecule has 0 aromatic carbocycles. The number of aromatic nitrogens is 5. The van der Waals surface area contributed by atoms with Crippen LogP contribution in [-0.2, 0) is 13.1 Å². The zero-order valence-electron chi connectivity index (χ0n) is 11.3. The molecular weight excluding hydrogens is 290 g/mol. The average molecular weight is 303 g/mol. The number of thiophene rings is 1. The number of carboxylic acid groups (broad SMARTS) is 1. The number of nitrogens with zero attached hydrogens (tertiary/aromatic N) is 5. The van der Waals surface area contributed by atoms with Gasteiger partial charge in [0.25, 0.3) is 0 Å². The smallest absolute Gasteiger partial charge is 0.358 e. The van der Waals surface area contributed by atoms with Gasteiger partial charge in [0.05, 0.1) is 12.7 Å². The number of aromatic carboxylic acids is 1. The molecule has 0 atom stereocenters. The van der Waals surface area contributed by atoms with Crippen molar-refractivity contribution in [2.24, 2.45) is 0 Å². The molecule has 0 amide bonds. The van der Waals surface area contributed by atoms with E-state index in [9.17, 15) is 9.90 Å². The molecule has 7 nitrogen and oxygen atoms in total. The molecule has 0 aliphatic rings. The van der Waals surface area contributed by atoms with Gasteiger partial charge in [-0.3, -0.25) is 4.68 Å². The molecule has 21 heavy (non-hydrogen) atoms. The van der Waals surface area contributed by atoms with E-state index in [-0.39, 0.29) is 5.69 Å². The topological polar surface area (TPSA) is 85.8 Å². The first-order chi connectivity index (χ1) is 10.2.